The van der Waals surface area contributed by atoms with Crippen molar-refractivity contribution in [3.8, 4) is 16.9 Å². The molecule has 0 amide bonds. The highest BCUT2D eigenvalue weighted by atomic mass is 35.5. The van der Waals surface area contributed by atoms with Crippen LogP contribution < -0.4 is 22.0 Å². The van der Waals surface area contributed by atoms with Gasteiger partial charge in [-0.25, -0.2) is 24.6 Å². The molecule has 6 N–H and O–H groups in total. The van der Waals surface area contributed by atoms with Crippen LogP contribution in [0.3, 0.4) is 0 Å². The first kappa shape index (κ1) is 21.3. The largest absolute Gasteiger partial charge is 0.485 e. The summed E-state index contributed by atoms with van der Waals surface area (Å²) in [6.07, 6.45) is 1.15. The lowest BCUT2D eigenvalue weighted by Crippen LogP contribution is -2.35. The Morgan fingerprint density at radius 3 is 2.57 bits per heavy atom. The molecular formula is C17H14ClF4N7O. The monoisotopic (exact) mass is 443 g/mol. The number of aromatic nitrogens is 2. The van der Waals surface area contributed by atoms with Gasteiger partial charge in [0.2, 0.25) is 0 Å². The van der Waals surface area contributed by atoms with Gasteiger partial charge >= 0.3 is 6.55 Å². The molecule has 0 radical (unpaired) electrons. The molecule has 8 nitrogen and oxygen atoms in total. The second-order valence-corrected chi connectivity index (χ2v) is 6.23. The highest BCUT2D eigenvalue weighted by molar-refractivity contribution is 6.31. The number of fused-ring (bicyclic) bond motifs is 1. The highest BCUT2D eigenvalue weighted by Gasteiger charge is 2.19. The lowest BCUT2D eigenvalue weighted by atomic mass is 10.0. The number of benzene rings is 2. The summed E-state index contributed by atoms with van der Waals surface area (Å²) in [5, 5.41) is 2.66. The number of hydrogen-bond donors (Lipinski definition) is 3. The third kappa shape index (κ3) is 4.14. The number of rotatable bonds is 6. The number of halogens is 5. The van der Waals surface area contributed by atoms with E-state index in [4.69, 9.17) is 33.6 Å². The van der Waals surface area contributed by atoms with Gasteiger partial charge in [-0.05, 0) is 24.3 Å². The summed E-state index contributed by atoms with van der Waals surface area (Å²) in [5.41, 5.74) is 11.9. The summed E-state index contributed by atoms with van der Waals surface area (Å²) < 4.78 is 58.3. The molecule has 0 aliphatic rings. The third-order valence-corrected chi connectivity index (χ3v) is 4.27. The molecule has 0 fully saturated rings. The maximum atomic E-state index is 14.5. The fourth-order valence-electron chi connectivity index (χ4n) is 2.61. The first-order chi connectivity index (χ1) is 14.2. The summed E-state index contributed by atoms with van der Waals surface area (Å²) in [6.45, 7) is -3.47. The molecule has 30 heavy (non-hydrogen) atoms. The minimum atomic E-state index is -3.05. The summed E-state index contributed by atoms with van der Waals surface area (Å²) in [7, 11) is 0. The number of nitrogen functional groups attached to an aromatic ring is 1. The predicted octanol–water partition coefficient (Wildman–Crippen LogP) is 2.86. The Balaban J connectivity index is 2.04. The van der Waals surface area contributed by atoms with Gasteiger partial charge in [0.15, 0.2) is 11.7 Å². The molecule has 3 aromatic rings. The quantitative estimate of drug-likeness (QED) is 0.102. The van der Waals surface area contributed by atoms with E-state index in [1.165, 1.54) is 18.2 Å². The third-order valence-electron chi connectivity index (χ3n) is 3.92. The Labute approximate surface area is 171 Å². The SMILES string of the molecule is N/C(COc1ccc(-c2ccc(F)c(Cl)c2F)c2ncnc(N)c12)=N\N(N)C(F)F. The van der Waals surface area contributed by atoms with Crippen molar-refractivity contribution in [2.75, 3.05) is 12.3 Å². The minimum Gasteiger partial charge on any atom is -0.485 e. The van der Waals surface area contributed by atoms with E-state index >= 15 is 0 Å². The van der Waals surface area contributed by atoms with E-state index < -0.39 is 29.8 Å². The van der Waals surface area contributed by atoms with E-state index in [1.54, 1.807) is 0 Å². The van der Waals surface area contributed by atoms with Gasteiger partial charge < -0.3 is 16.2 Å². The molecule has 0 unspecified atom stereocenters. The number of hydrazone groups is 1. The topological polar surface area (TPSA) is 129 Å². The molecule has 2 aromatic carbocycles. The molecule has 0 aliphatic heterocycles. The van der Waals surface area contributed by atoms with Gasteiger partial charge in [0.05, 0.1) is 10.9 Å². The predicted molar refractivity (Wildman–Crippen MR) is 103 cm³/mol. The Morgan fingerprint density at radius 1 is 1.17 bits per heavy atom. The minimum absolute atomic E-state index is 0.00555. The van der Waals surface area contributed by atoms with Crippen molar-refractivity contribution in [1.29, 1.82) is 0 Å². The number of ether oxygens (including phenoxy) is 1. The highest BCUT2D eigenvalue weighted by Crippen LogP contribution is 2.38. The van der Waals surface area contributed by atoms with Crippen molar-refractivity contribution < 1.29 is 22.3 Å². The van der Waals surface area contributed by atoms with E-state index in [0.717, 1.165) is 12.4 Å². The summed E-state index contributed by atoms with van der Waals surface area (Å²) >= 11 is 5.67. The molecule has 0 atom stereocenters. The molecule has 1 heterocycles. The maximum Gasteiger partial charge on any atom is 0.342 e. The number of hydrogen-bond acceptors (Lipinski definition) is 7. The zero-order valence-corrected chi connectivity index (χ0v) is 15.7. The van der Waals surface area contributed by atoms with Crippen LogP contribution in [0.2, 0.25) is 5.02 Å². The number of amidine groups is 1. The average molecular weight is 444 g/mol. The first-order valence-electron chi connectivity index (χ1n) is 8.15. The van der Waals surface area contributed by atoms with Crippen LogP contribution in [-0.4, -0.2) is 34.1 Å². The molecule has 0 saturated carbocycles. The van der Waals surface area contributed by atoms with Crippen LogP contribution in [0.25, 0.3) is 22.0 Å². The van der Waals surface area contributed by atoms with Crippen LogP contribution in [0, 0.1) is 11.6 Å². The van der Waals surface area contributed by atoms with Gasteiger partial charge in [-0.1, -0.05) is 11.6 Å². The van der Waals surface area contributed by atoms with Gasteiger partial charge in [0.25, 0.3) is 0 Å². The summed E-state index contributed by atoms with van der Waals surface area (Å²) in [6, 6.07) is 5.07. The number of nitrogens with two attached hydrogens (primary N) is 3. The van der Waals surface area contributed by atoms with Gasteiger partial charge in [0.1, 0.15) is 35.3 Å². The average Bonchev–Trinajstić information content (AvgIpc) is 2.71. The molecule has 0 aliphatic carbocycles. The number of nitrogens with zero attached hydrogens (tertiary/aromatic N) is 4. The molecule has 1 aromatic heterocycles. The van der Waals surface area contributed by atoms with Gasteiger partial charge in [-0.15, -0.1) is 5.10 Å². The molecule has 0 saturated heterocycles. The normalized spacial score (nSPS) is 11.9. The second-order valence-electron chi connectivity index (χ2n) is 5.85. The van der Waals surface area contributed by atoms with Crippen molar-refractivity contribution in [3.05, 3.63) is 47.2 Å². The van der Waals surface area contributed by atoms with E-state index in [1.807, 2.05) is 0 Å². The Morgan fingerprint density at radius 2 is 1.87 bits per heavy atom. The first-order valence-corrected chi connectivity index (χ1v) is 8.53. The maximum absolute atomic E-state index is 14.5. The molecule has 0 bridgehead atoms. The number of hydrazine groups is 1. The van der Waals surface area contributed by atoms with Crippen molar-refractivity contribution in [3.63, 3.8) is 0 Å². The molecule has 13 heteroatoms. The van der Waals surface area contributed by atoms with Crippen molar-refractivity contribution >= 4 is 34.2 Å². The Hall–Kier alpha value is -3.38. The van der Waals surface area contributed by atoms with Crippen molar-refractivity contribution in [1.82, 2.24) is 15.1 Å². The standard InChI is InChI=1S/C17H14ClF4N7O/c18-13-9(19)3-1-7(14(13)20)8-2-4-10(12-15(8)26-6-27-16(12)24)30-5-11(23)28-29(25)17(21)22/h1-4,6,17H,5,25H2,(H2,23,28)(H2,24,26,27). The number of alkyl halides is 2. The summed E-state index contributed by atoms with van der Waals surface area (Å²) in [5.74, 6) is 2.85. The van der Waals surface area contributed by atoms with Crippen LogP contribution >= 0.6 is 11.6 Å². The number of anilines is 1. The van der Waals surface area contributed by atoms with Crippen molar-refractivity contribution in [2.24, 2.45) is 16.7 Å². The van der Waals surface area contributed by atoms with Crippen molar-refractivity contribution in [2.45, 2.75) is 6.55 Å². The van der Waals surface area contributed by atoms with Crippen LogP contribution in [-0.2, 0) is 0 Å². The van der Waals surface area contributed by atoms with E-state index in [9.17, 15) is 17.6 Å². The molecule has 3 rings (SSSR count). The Bertz CT molecular complexity index is 1130. The molecular weight excluding hydrogens is 430 g/mol. The molecule has 0 spiro atoms. The van der Waals surface area contributed by atoms with E-state index in [2.05, 4.69) is 15.1 Å². The van der Waals surface area contributed by atoms with Gasteiger partial charge in [-0.3, -0.25) is 0 Å². The summed E-state index contributed by atoms with van der Waals surface area (Å²) in [4.78, 5) is 7.98. The zero-order chi connectivity index (χ0) is 22.0. The Kier molecular flexibility index (Phi) is 6.08. The van der Waals surface area contributed by atoms with Crippen LogP contribution in [0.5, 0.6) is 5.75 Å². The molecule has 158 valence electrons. The second kappa shape index (κ2) is 8.55. The lowest BCUT2D eigenvalue weighted by Gasteiger charge is -2.15. The smallest absolute Gasteiger partial charge is 0.342 e. The zero-order valence-electron chi connectivity index (χ0n) is 15.0. The van der Waals surface area contributed by atoms with Crippen LogP contribution in [0.4, 0.5) is 23.4 Å². The fraction of sp³-hybridized carbons (Fsp3) is 0.118. The van der Waals surface area contributed by atoms with E-state index in [-0.39, 0.29) is 44.6 Å². The van der Waals surface area contributed by atoms with Crippen LogP contribution in [0.1, 0.15) is 0 Å². The van der Waals surface area contributed by atoms with Crippen LogP contribution in [0.15, 0.2) is 35.7 Å². The van der Waals surface area contributed by atoms with Gasteiger partial charge in [0, 0.05) is 11.1 Å². The fourth-order valence-corrected chi connectivity index (χ4v) is 2.78. The van der Waals surface area contributed by atoms with Gasteiger partial charge in [-0.2, -0.15) is 13.9 Å². The lowest BCUT2D eigenvalue weighted by molar-refractivity contribution is -0.0270. The van der Waals surface area contributed by atoms with E-state index in [0.29, 0.717) is 0 Å².